The van der Waals surface area contributed by atoms with Gasteiger partial charge >= 0.3 is 6.09 Å². The third-order valence-corrected chi connectivity index (χ3v) is 4.32. The van der Waals surface area contributed by atoms with E-state index >= 15 is 0 Å². The number of nitrogens with zero attached hydrogens (tertiary/aromatic N) is 2. The number of hydrogen-bond acceptors (Lipinski definition) is 7. The summed E-state index contributed by atoms with van der Waals surface area (Å²) in [5, 5.41) is 4.16. The average molecular weight is 419 g/mol. The normalized spacial score (nSPS) is 13.3. The van der Waals surface area contributed by atoms with Gasteiger partial charge in [0.2, 0.25) is 0 Å². The van der Waals surface area contributed by atoms with Gasteiger partial charge in [0.05, 0.1) is 11.6 Å². The molecule has 0 unspecified atom stereocenters. The van der Waals surface area contributed by atoms with Crippen LogP contribution in [-0.4, -0.2) is 40.6 Å². The minimum absolute atomic E-state index is 0.172. The number of anilines is 1. The number of thiazole rings is 1. The second-order valence-electron chi connectivity index (χ2n) is 7.54. The summed E-state index contributed by atoms with van der Waals surface area (Å²) in [7, 11) is 0. The molecule has 1 aromatic heterocycles. The van der Waals surface area contributed by atoms with E-state index in [1.165, 1.54) is 23.8 Å². The summed E-state index contributed by atoms with van der Waals surface area (Å²) in [5.41, 5.74) is 7.33. The number of imide groups is 1. The fourth-order valence-corrected chi connectivity index (χ4v) is 3.03. The molecule has 2 aromatic rings. The summed E-state index contributed by atoms with van der Waals surface area (Å²) in [5.74, 6) is -1.07. The molecule has 0 aliphatic rings. The van der Waals surface area contributed by atoms with Crippen LogP contribution >= 0.6 is 11.3 Å². The van der Waals surface area contributed by atoms with Crippen molar-refractivity contribution in [1.82, 2.24) is 10.3 Å². The lowest BCUT2D eigenvalue weighted by Gasteiger charge is -2.27. The predicted octanol–water partition coefficient (Wildman–Crippen LogP) is 2.49. The van der Waals surface area contributed by atoms with E-state index in [-0.39, 0.29) is 12.2 Å². The number of benzene rings is 1. The highest BCUT2D eigenvalue weighted by Crippen LogP contribution is 2.18. The van der Waals surface area contributed by atoms with E-state index in [4.69, 9.17) is 10.5 Å². The van der Waals surface area contributed by atoms with Crippen molar-refractivity contribution in [3.05, 3.63) is 46.8 Å². The third-order valence-electron chi connectivity index (χ3n) is 3.75. The number of rotatable bonds is 6. The molecule has 9 heteroatoms. The smallest absolute Gasteiger partial charge is 0.408 e. The van der Waals surface area contributed by atoms with E-state index in [0.717, 1.165) is 10.5 Å². The van der Waals surface area contributed by atoms with Crippen LogP contribution in [0.5, 0.6) is 0 Å². The first-order chi connectivity index (χ1) is 13.6. The zero-order valence-electron chi connectivity index (χ0n) is 16.9. The molecular weight excluding hydrogens is 392 g/mol. The van der Waals surface area contributed by atoms with Crippen LogP contribution in [0.3, 0.4) is 0 Å². The van der Waals surface area contributed by atoms with Gasteiger partial charge in [0.15, 0.2) is 5.82 Å². The Hall–Kier alpha value is -2.78. The Balaban J connectivity index is 2.34. The van der Waals surface area contributed by atoms with Gasteiger partial charge in [-0.05, 0) is 33.3 Å². The number of hydrogen-bond donors (Lipinski definition) is 2. The second-order valence-corrected chi connectivity index (χ2v) is 8.25. The summed E-state index contributed by atoms with van der Waals surface area (Å²) in [6, 6.07) is 7.21. The molecule has 156 valence electrons. The molecule has 1 heterocycles. The zero-order chi connectivity index (χ0) is 21.6. The van der Waals surface area contributed by atoms with Gasteiger partial charge in [0.25, 0.3) is 11.8 Å². The molecule has 3 amide bonds. The van der Waals surface area contributed by atoms with E-state index < -0.39 is 35.6 Å². The van der Waals surface area contributed by atoms with Crippen LogP contribution in [0.25, 0.3) is 0 Å². The maximum absolute atomic E-state index is 13.3. The van der Waals surface area contributed by atoms with E-state index in [9.17, 15) is 14.4 Å². The SMILES string of the molecule is C[C@H](N)C(=O)N(C(=O)[C@H](Cc1ccccc1)NC(=O)OC(C)(C)C)c1cscn1. The van der Waals surface area contributed by atoms with Gasteiger partial charge in [-0.3, -0.25) is 9.59 Å². The highest BCUT2D eigenvalue weighted by Gasteiger charge is 2.34. The van der Waals surface area contributed by atoms with Crippen molar-refractivity contribution in [2.75, 3.05) is 4.90 Å². The minimum Gasteiger partial charge on any atom is -0.444 e. The summed E-state index contributed by atoms with van der Waals surface area (Å²) in [4.78, 5) is 43.3. The molecule has 0 aliphatic carbocycles. The molecule has 0 spiro atoms. The zero-order valence-corrected chi connectivity index (χ0v) is 17.7. The lowest BCUT2D eigenvalue weighted by Crippen LogP contribution is -2.55. The van der Waals surface area contributed by atoms with Crippen molar-refractivity contribution in [2.24, 2.45) is 5.73 Å². The molecule has 29 heavy (non-hydrogen) atoms. The summed E-state index contributed by atoms with van der Waals surface area (Å²) in [6.45, 7) is 6.66. The molecule has 2 atom stereocenters. The van der Waals surface area contributed by atoms with Crippen LogP contribution in [0.1, 0.15) is 33.3 Å². The van der Waals surface area contributed by atoms with Gasteiger partial charge in [-0.2, -0.15) is 0 Å². The molecule has 3 N–H and O–H groups in total. The van der Waals surface area contributed by atoms with E-state index in [1.54, 1.807) is 26.2 Å². The van der Waals surface area contributed by atoms with Crippen LogP contribution in [0.4, 0.5) is 10.6 Å². The number of alkyl carbamates (subject to hydrolysis) is 1. The van der Waals surface area contributed by atoms with Crippen molar-refractivity contribution in [1.29, 1.82) is 0 Å². The first kappa shape index (κ1) is 22.5. The van der Waals surface area contributed by atoms with Crippen molar-refractivity contribution in [3.63, 3.8) is 0 Å². The predicted molar refractivity (Wildman–Crippen MR) is 112 cm³/mol. The maximum Gasteiger partial charge on any atom is 0.408 e. The van der Waals surface area contributed by atoms with Crippen LogP contribution in [0.2, 0.25) is 0 Å². The Labute approximate surface area is 174 Å². The molecule has 0 radical (unpaired) electrons. The summed E-state index contributed by atoms with van der Waals surface area (Å²) >= 11 is 1.24. The number of carbonyl (C=O) groups is 3. The van der Waals surface area contributed by atoms with Crippen molar-refractivity contribution in [2.45, 2.75) is 51.8 Å². The molecular formula is C20H26N4O4S. The van der Waals surface area contributed by atoms with Gasteiger partial charge in [-0.15, -0.1) is 11.3 Å². The minimum atomic E-state index is -1.04. The van der Waals surface area contributed by atoms with E-state index in [2.05, 4.69) is 10.3 Å². The number of amides is 3. The third kappa shape index (κ3) is 6.65. The van der Waals surface area contributed by atoms with Crippen molar-refractivity contribution in [3.8, 4) is 0 Å². The first-order valence-corrected chi connectivity index (χ1v) is 10.1. The largest absolute Gasteiger partial charge is 0.444 e. The lowest BCUT2D eigenvalue weighted by atomic mass is 10.0. The van der Waals surface area contributed by atoms with E-state index in [1.807, 2.05) is 30.3 Å². The highest BCUT2D eigenvalue weighted by molar-refractivity contribution is 7.08. The molecule has 2 rings (SSSR count). The molecule has 0 saturated heterocycles. The van der Waals surface area contributed by atoms with Crippen molar-refractivity contribution < 1.29 is 19.1 Å². The number of nitrogens with two attached hydrogens (primary N) is 1. The second kappa shape index (κ2) is 9.62. The molecule has 0 saturated carbocycles. The Morgan fingerprint density at radius 3 is 2.38 bits per heavy atom. The van der Waals surface area contributed by atoms with Crippen LogP contribution < -0.4 is 16.0 Å². The lowest BCUT2D eigenvalue weighted by molar-refractivity contribution is -0.128. The number of ether oxygens (including phenoxy) is 1. The van der Waals surface area contributed by atoms with Crippen LogP contribution in [0.15, 0.2) is 41.2 Å². The van der Waals surface area contributed by atoms with Gasteiger partial charge in [-0.25, -0.2) is 14.7 Å². The van der Waals surface area contributed by atoms with Crippen LogP contribution in [0, 0.1) is 0 Å². The van der Waals surface area contributed by atoms with Gasteiger partial charge in [0, 0.05) is 11.8 Å². The van der Waals surface area contributed by atoms with Gasteiger partial charge in [-0.1, -0.05) is 30.3 Å². The molecule has 0 fully saturated rings. The molecule has 0 bridgehead atoms. The quantitative estimate of drug-likeness (QED) is 0.745. The maximum atomic E-state index is 13.3. The summed E-state index contributed by atoms with van der Waals surface area (Å²) in [6.07, 6.45) is -0.579. The Morgan fingerprint density at radius 2 is 1.86 bits per heavy atom. The van der Waals surface area contributed by atoms with Gasteiger partial charge < -0.3 is 15.8 Å². The topological polar surface area (TPSA) is 115 Å². The monoisotopic (exact) mass is 418 g/mol. The van der Waals surface area contributed by atoms with Gasteiger partial charge in [0.1, 0.15) is 11.6 Å². The number of carbonyl (C=O) groups excluding carboxylic acids is 3. The fourth-order valence-electron chi connectivity index (χ4n) is 2.51. The summed E-state index contributed by atoms with van der Waals surface area (Å²) < 4.78 is 5.29. The van der Waals surface area contributed by atoms with E-state index in [0.29, 0.717) is 0 Å². The van der Waals surface area contributed by atoms with Crippen LogP contribution in [-0.2, 0) is 20.7 Å². The Morgan fingerprint density at radius 1 is 1.21 bits per heavy atom. The fraction of sp³-hybridized carbons (Fsp3) is 0.400. The Kier molecular flexibility index (Phi) is 7.46. The first-order valence-electron chi connectivity index (χ1n) is 9.13. The number of nitrogens with one attached hydrogen (secondary N) is 1. The standard InChI is InChI=1S/C20H26N4O4S/c1-13(21)17(25)24(16-11-29-12-22-16)18(26)15(10-14-8-6-5-7-9-14)23-19(27)28-20(2,3)4/h5-9,11-13,15H,10,21H2,1-4H3,(H,23,27)/t13-,15-/m0/s1. The average Bonchev–Trinajstić information content (AvgIpc) is 3.14. The molecule has 1 aromatic carbocycles. The number of aromatic nitrogens is 1. The Bertz CT molecular complexity index is 832. The highest BCUT2D eigenvalue weighted by atomic mass is 32.1. The van der Waals surface area contributed by atoms with Crippen molar-refractivity contribution >= 4 is 35.1 Å². The molecule has 8 nitrogen and oxygen atoms in total. The molecule has 0 aliphatic heterocycles.